The number of urea groups is 1. The lowest BCUT2D eigenvalue weighted by Crippen LogP contribution is -2.37. The molecule has 6 rings (SSSR count). The van der Waals surface area contributed by atoms with Crippen LogP contribution >= 0.6 is 0 Å². The van der Waals surface area contributed by atoms with E-state index >= 15 is 0 Å². The molecule has 44 heavy (non-hydrogen) atoms. The standard InChI is InChI=1S/C33H37N5O6/c1-22-4-6-24(7-5-22)23(2)36-33(39)37-25-8-10-26(11-9-25)44-32-29-27(34-21-35-32)20-28(30-31(29)43-19-18-42-30)41-15-3-12-38-13-16-40-17-14-38/h4-11,20-21,23H,3,12-19H2,1-2H3,(H2,36,37,39). The molecule has 2 aliphatic rings. The van der Waals surface area contributed by atoms with Crippen molar-refractivity contribution in [2.24, 2.45) is 0 Å². The molecular weight excluding hydrogens is 562 g/mol. The van der Waals surface area contributed by atoms with Crippen molar-refractivity contribution in [2.45, 2.75) is 26.3 Å². The molecule has 0 saturated carbocycles. The first-order chi connectivity index (χ1) is 21.5. The molecule has 2 amide bonds. The van der Waals surface area contributed by atoms with Crippen molar-refractivity contribution >= 4 is 22.6 Å². The van der Waals surface area contributed by atoms with Gasteiger partial charge in [-0.3, -0.25) is 4.90 Å². The maximum atomic E-state index is 12.6. The average molecular weight is 600 g/mol. The molecule has 1 aromatic heterocycles. The fraction of sp³-hybridized carbons (Fsp3) is 0.364. The lowest BCUT2D eigenvalue weighted by atomic mass is 10.1. The molecule has 3 heterocycles. The zero-order valence-corrected chi connectivity index (χ0v) is 25.0. The molecule has 0 aliphatic carbocycles. The van der Waals surface area contributed by atoms with Crippen molar-refractivity contribution in [1.82, 2.24) is 20.2 Å². The van der Waals surface area contributed by atoms with Crippen LogP contribution < -0.4 is 29.6 Å². The fourth-order valence-electron chi connectivity index (χ4n) is 5.18. The van der Waals surface area contributed by atoms with Gasteiger partial charge in [0.1, 0.15) is 30.7 Å². The Labute approximate surface area is 256 Å². The molecule has 1 saturated heterocycles. The van der Waals surface area contributed by atoms with Gasteiger partial charge in [0.2, 0.25) is 11.6 Å². The summed E-state index contributed by atoms with van der Waals surface area (Å²) in [5.74, 6) is 2.49. The largest absolute Gasteiger partial charge is 0.489 e. The lowest BCUT2D eigenvalue weighted by Gasteiger charge is -2.26. The molecule has 1 fully saturated rings. The van der Waals surface area contributed by atoms with Gasteiger partial charge in [0.05, 0.1) is 31.4 Å². The van der Waals surface area contributed by atoms with E-state index in [-0.39, 0.29) is 12.1 Å². The molecule has 11 heteroatoms. The highest BCUT2D eigenvalue weighted by atomic mass is 16.6. The molecule has 1 atom stereocenters. The number of carbonyl (C=O) groups excluding carboxylic acids is 1. The molecule has 2 aliphatic heterocycles. The van der Waals surface area contributed by atoms with Gasteiger partial charge >= 0.3 is 6.03 Å². The smallest absolute Gasteiger partial charge is 0.319 e. The van der Waals surface area contributed by atoms with Crippen LogP contribution in [0, 0.1) is 6.92 Å². The molecule has 0 radical (unpaired) electrons. The predicted octanol–water partition coefficient (Wildman–Crippen LogP) is 5.49. The number of carbonyl (C=O) groups is 1. The highest BCUT2D eigenvalue weighted by Gasteiger charge is 2.25. The van der Waals surface area contributed by atoms with Gasteiger partial charge in [0, 0.05) is 31.4 Å². The van der Waals surface area contributed by atoms with Crippen LogP contribution in [0.5, 0.6) is 28.9 Å². The number of ether oxygens (including phenoxy) is 5. The summed E-state index contributed by atoms with van der Waals surface area (Å²) in [6.07, 6.45) is 2.33. The normalized spacial score (nSPS) is 15.4. The molecule has 4 aromatic rings. The number of aromatic nitrogens is 2. The van der Waals surface area contributed by atoms with E-state index in [2.05, 4.69) is 25.5 Å². The fourth-order valence-corrected chi connectivity index (χ4v) is 5.18. The summed E-state index contributed by atoms with van der Waals surface area (Å²) >= 11 is 0. The second-order valence-electron chi connectivity index (χ2n) is 10.8. The van der Waals surface area contributed by atoms with E-state index < -0.39 is 0 Å². The summed E-state index contributed by atoms with van der Waals surface area (Å²) in [7, 11) is 0. The zero-order chi connectivity index (χ0) is 30.3. The minimum absolute atomic E-state index is 0.137. The number of rotatable bonds is 10. The average Bonchev–Trinajstić information content (AvgIpc) is 3.04. The van der Waals surface area contributed by atoms with Crippen molar-refractivity contribution in [3.8, 4) is 28.9 Å². The minimum Gasteiger partial charge on any atom is -0.489 e. The molecule has 11 nitrogen and oxygen atoms in total. The Balaban J connectivity index is 1.11. The van der Waals surface area contributed by atoms with E-state index in [9.17, 15) is 4.79 Å². The second kappa shape index (κ2) is 13.8. The number of aryl methyl sites for hydroxylation is 1. The maximum Gasteiger partial charge on any atom is 0.319 e. The van der Waals surface area contributed by atoms with Crippen LogP contribution in [0.4, 0.5) is 10.5 Å². The molecule has 1 unspecified atom stereocenters. The number of amides is 2. The third-order valence-corrected chi connectivity index (χ3v) is 7.57. The first-order valence-electron chi connectivity index (χ1n) is 15.0. The molecule has 0 bridgehead atoms. The van der Waals surface area contributed by atoms with Crippen molar-refractivity contribution in [3.05, 3.63) is 72.1 Å². The summed E-state index contributed by atoms with van der Waals surface area (Å²) < 4.78 is 29.8. The topological polar surface area (TPSA) is 116 Å². The quantitative estimate of drug-likeness (QED) is 0.229. The van der Waals surface area contributed by atoms with Gasteiger partial charge in [-0.15, -0.1) is 0 Å². The Bertz CT molecular complexity index is 1570. The molecular formula is C33H37N5O6. The van der Waals surface area contributed by atoms with Crippen LogP contribution in [0.2, 0.25) is 0 Å². The van der Waals surface area contributed by atoms with Gasteiger partial charge in [-0.1, -0.05) is 29.8 Å². The van der Waals surface area contributed by atoms with Crippen LogP contribution in [0.1, 0.15) is 30.5 Å². The Morgan fingerprint density at radius 1 is 0.977 bits per heavy atom. The van der Waals surface area contributed by atoms with Gasteiger partial charge in [0.25, 0.3) is 0 Å². The van der Waals surface area contributed by atoms with E-state index in [0.29, 0.717) is 65.3 Å². The number of hydrogen-bond donors (Lipinski definition) is 2. The van der Waals surface area contributed by atoms with Gasteiger partial charge in [-0.25, -0.2) is 14.8 Å². The molecule has 0 spiro atoms. The number of hydrogen-bond acceptors (Lipinski definition) is 9. The van der Waals surface area contributed by atoms with E-state index in [0.717, 1.165) is 44.8 Å². The summed E-state index contributed by atoms with van der Waals surface area (Å²) in [5, 5.41) is 6.44. The van der Waals surface area contributed by atoms with Crippen LogP contribution in [0.3, 0.4) is 0 Å². The van der Waals surface area contributed by atoms with E-state index in [1.807, 2.05) is 44.2 Å². The highest BCUT2D eigenvalue weighted by Crippen LogP contribution is 2.47. The summed E-state index contributed by atoms with van der Waals surface area (Å²) in [6.45, 7) is 9.73. The Kier molecular flexibility index (Phi) is 9.23. The van der Waals surface area contributed by atoms with Crippen molar-refractivity contribution in [2.75, 3.05) is 58.0 Å². The number of fused-ring (bicyclic) bond motifs is 3. The number of anilines is 1. The number of nitrogens with one attached hydrogen (secondary N) is 2. The van der Waals surface area contributed by atoms with Crippen LogP contribution in [0.25, 0.3) is 10.9 Å². The second-order valence-corrected chi connectivity index (χ2v) is 10.8. The van der Waals surface area contributed by atoms with Crippen molar-refractivity contribution in [1.29, 1.82) is 0 Å². The molecule has 3 aromatic carbocycles. The number of morpholine rings is 1. The SMILES string of the molecule is Cc1ccc(C(C)NC(=O)Nc2ccc(Oc3ncnc4cc(OCCCN5CCOCC5)c5c(c34)OCCO5)cc2)cc1. The monoisotopic (exact) mass is 599 g/mol. The third kappa shape index (κ3) is 7.12. The van der Waals surface area contributed by atoms with Gasteiger partial charge < -0.3 is 34.3 Å². The molecule has 230 valence electrons. The Morgan fingerprint density at radius 3 is 2.50 bits per heavy atom. The first-order valence-corrected chi connectivity index (χ1v) is 15.0. The minimum atomic E-state index is -0.295. The van der Waals surface area contributed by atoms with Gasteiger partial charge in [-0.05, 0) is 50.1 Å². The van der Waals surface area contributed by atoms with Gasteiger partial charge in [-0.2, -0.15) is 0 Å². The third-order valence-electron chi connectivity index (χ3n) is 7.57. The Hall–Kier alpha value is -4.61. The van der Waals surface area contributed by atoms with Crippen molar-refractivity contribution < 1.29 is 28.5 Å². The zero-order valence-electron chi connectivity index (χ0n) is 25.0. The summed E-state index contributed by atoms with van der Waals surface area (Å²) in [4.78, 5) is 23.8. The van der Waals surface area contributed by atoms with Crippen LogP contribution in [-0.4, -0.2) is 73.6 Å². The Morgan fingerprint density at radius 2 is 1.73 bits per heavy atom. The predicted molar refractivity (Wildman–Crippen MR) is 166 cm³/mol. The summed E-state index contributed by atoms with van der Waals surface area (Å²) in [5.41, 5.74) is 3.46. The lowest BCUT2D eigenvalue weighted by molar-refractivity contribution is 0.0357. The first kappa shape index (κ1) is 29.5. The number of nitrogens with zero attached hydrogens (tertiary/aromatic N) is 3. The number of benzene rings is 3. The van der Waals surface area contributed by atoms with E-state index in [4.69, 9.17) is 23.7 Å². The highest BCUT2D eigenvalue weighted by molar-refractivity contribution is 5.94. The van der Waals surface area contributed by atoms with Crippen LogP contribution in [-0.2, 0) is 4.74 Å². The van der Waals surface area contributed by atoms with Crippen LogP contribution in [0.15, 0.2) is 60.9 Å². The van der Waals surface area contributed by atoms with Gasteiger partial charge in [0.15, 0.2) is 11.5 Å². The van der Waals surface area contributed by atoms with Crippen molar-refractivity contribution in [3.63, 3.8) is 0 Å². The summed E-state index contributed by atoms with van der Waals surface area (Å²) in [6, 6.07) is 16.6. The van der Waals surface area contributed by atoms with E-state index in [1.165, 1.54) is 11.9 Å². The van der Waals surface area contributed by atoms with E-state index in [1.54, 1.807) is 24.3 Å². The maximum absolute atomic E-state index is 12.6. The molecule has 2 N–H and O–H groups in total.